The van der Waals surface area contributed by atoms with Crippen molar-refractivity contribution < 1.29 is 19.1 Å². The molecule has 7 heteroatoms. The van der Waals surface area contributed by atoms with Crippen LogP contribution in [-0.2, 0) is 16.1 Å². The molecule has 0 aromatic heterocycles. The van der Waals surface area contributed by atoms with Crippen molar-refractivity contribution in [3.05, 3.63) is 48.0 Å². The van der Waals surface area contributed by atoms with Gasteiger partial charge in [0.2, 0.25) is 18.6 Å². The van der Waals surface area contributed by atoms with E-state index in [2.05, 4.69) is 10.6 Å². The van der Waals surface area contributed by atoms with E-state index in [1.54, 1.807) is 4.90 Å². The number of rotatable bonds is 4. The van der Waals surface area contributed by atoms with Gasteiger partial charge >= 0.3 is 0 Å². The lowest BCUT2D eigenvalue weighted by Crippen LogP contribution is -2.43. The van der Waals surface area contributed by atoms with E-state index in [0.717, 1.165) is 22.7 Å². The van der Waals surface area contributed by atoms with Gasteiger partial charge in [-0.2, -0.15) is 0 Å². The summed E-state index contributed by atoms with van der Waals surface area (Å²) >= 11 is 0. The van der Waals surface area contributed by atoms with Gasteiger partial charge in [-0.25, -0.2) is 0 Å². The van der Waals surface area contributed by atoms with E-state index in [1.807, 2.05) is 49.4 Å². The van der Waals surface area contributed by atoms with E-state index in [4.69, 9.17) is 9.47 Å². The van der Waals surface area contributed by atoms with Crippen LogP contribution < -0.4 is 25.0 Å². The fraction of sp³-hybridized carbons (Fsp3) is 0.300. The number of hydrogen-bond acceptors (Lipinski definition) is 5. The molecule has 140 valence electrons. The fourth-order valence-corrected chi connectivity index (χ4v) is 3.42. The molecule has 7 nitrogen and oxygen atoms in total. The first-order chi connectivity index (χ1) is 13.1. The maximum atomic E-state index is 12.9. The van der Waals surface area contributed by atoms with Gasteiger partial charge in [-0.15, -0.1) is 0 Å². The molecule has 0 bridgehead atoms. The quantitative estimate of drug-likeness (QED) is 0.867. The molecule has 27 heavy (non-hydrogen) atoms. The average Bonchev–Trinajstić information content (AvgIpc) is 3.06. The molecule has 2 heterocycles. The highest BCUT2D eigenvalue weighted by Gasteiger charge is 2.29. The maximum absolute atomic E-state index is 12.9. The molecule has 2 N–H and O–H groups in total. The van der Waals surface area contributed by atoms with Gasteiger partial charge in [0.15, 0.2) is 11.5 Å². The number of nitrogens with one attached hydrogen (secondary N) is 2. The summed E-state index contributed by atoms with van der Waals surface area (Å²) in [5.41, 5.74) is 2.40. The van der Waals surface area contributed by atoms with Gasteiger partial charge in [-0.05, 0) is 36.8 Å². The maximum Gasteiger partial charge on any atom is 0.241 e. The Bertz CT molecular complexity index is 883. The van der Waals surface area contributed by atoms with Crippen molar-refractivity contribution in [3.8, 4) is 11.5 Å². The SMILES string of the molecule is C[C@H]1CC(=O)Nc2ccccc2N1C(=O)CNCc1ccc2c(c1)OCO2. The number of amides is 2. The van der Waals surface area contributed by atoms with E-state index < -0.39 is 0 Å². The number of benzene rings is 2. The molecule has 2 aromatic rings. The summed E-state index contributed by atoms with van der Waals surface area (Å²) in [7, 11) is 0. The molecule has 0 fully saturated rings. The number of ether oxygens (including phenoxy) is 2. The van der Waals surface area contributed by atoms with Gasteiger partial charge < -0.3 is 25.0 Å². The largest absolute Gasteiger partial charge is 0.454 e. The number of fused-ring (bicyclic) bond motifs is 2. The number of nitrogens with zero attached hydrogens (tertiary/aromatic N) is 1. The summed E-state index contributed by atoms with van der Waals surface area (Å²) in [5, 5.41) is 6.04. The molecule has 0 saturated carbocycles. The third kappa shape index (κ3) is 3.59. The molecule has 0 unspecified atom stereocenters. The van der Waals surface area contributed by atoms with E-state index in [9.17, 15) is 9.59 Å². The fourth-order valence-electron chi connectivity index (χ4n) is 3.42. The van der Waals surface area contributed by atoms with Crippen LogP contribution in [0.2, 0.25) is 0 Å². The second kappa shape index (κ2) is 7.28. The first-order valence-corrected chi connectivity index (χ1v) is 8.92. The molecule has 2 aromatic carbocycles. The van der Waals surface area contributed by atoms with Crippen LogP contribution in [-0.4, -0.2) is 31.2 Å². The Hall–Kier alpha value is -3.06. The number of hydrogen-bond donors (Lipinski definition) is 2. The molecule has 2 aliphatic heterocycles. The molecule has 1 atom stereocenters. The van der Waals surface area contributed by atoms with Crippen molar-refractivity contribution in [3.63, 3.8) is 0 Å². The minimum absolute atomic E-state index is 0.0767. The van der Waals surface area contributed by atoms with Crippen LogP contribution >= 0.6 is 0 Å². The Morgan fingerprint density at radius 2 is 2.04 bits per heavy atom. The predicted molar refractivity (Wildman–Crippen MR) is 101 cm³/mol. The van der Waals surface area contributed by atoms with Crippen LogP contribution in [0.3, 0.4) is 0 Å². The molecule has 4 rings (SSSR count). The lowest BCUT2D eigenvalue weighted by atomic mass is 10.1. The number of para-hydroxylation sites is 2. The Kier molecular flexibility index (Phi) is 4.68. The zero-order chi connectivity index (χ0) is 18.8. The van der Waals surface area contributed by atoms with Gasteiger partial charge in [0.05, 0.1) is 17.9 Å². The molecule has 0 spiro atoms. The van der Waals surface area contributed by atoms with Gasteiger partial charge in [-0.1, -0.05) is 18.2 Å². The van der Waals surface area contributed by atoms with Crippen molar-refractivity contribution in [2.24, 2.45) is 0 Å². The summed E-state index contributed by atoms with van der Waals surface area (Å²) in [6.45, 7) is 2.83. The minimum Gasteiger partial charge on any atom is -0.454 e. The summed E-state index contributed by atoms with van der Waals surface area (Å²) < 4.78 is 10.7. The molecular formula is C20H21N3O4. The Morgan fingerprint density at radius 1 is 1.22 bits per heavy atom. The van der Waals surface area contributed by atoms with E-state index in [-0.39, 0.29) is 37.6 Å². The van der Waals surface area contributed by atoms with Crippen molar-refractivity contribution in [1.29, 1.82) is 0 Å². The topological polar surface area (TPSA) is 79.9 Å². The summed E-state index contributed by atoms with van der Waals surface area (Å²) in [6.07, 6.45) is 0.266. The third-order valence-corrected chi connectivity index (χ3v) is 4.67. The van der Waals surface area contributed by atoms with Crippen LogP contribution in [0, 0.1) is 0 Å². The molecular weight excluding hydrogens is 346 g/mol. The zero-order valence-corrected chi connectivity index (χ0v) is 15.0. The highest BCUT2D eigenvalue weighted by molar-refractivity contribution is 6.04. The Morgan fingerprint density at radius 3 is 2.93 bits per heavy atom. The summed E-state index contributed by atoms with van der Waals surface area (Å²) in [4.78, 5) is 26.6. The minimum atomic E-state index is -0.214. The normalized spacial score (nSPS) is 17.9. The molecule has 0 radical (unpaired) electrons. The van der Waals surface area contributed by atoms with Crippen LogP contribution in [0.15, 0.2) is 42.5 Å². The first-order valence-electron chi connectivity index (χ1n) is 8.92. The van der Waals surface area contributed by atoms with Crippen LogP contribution in [0.25, 0.3) is 0 Å². The van der Waals surface area contributed by atoms with Crippen molar-refractivity contribution >= 4 is 23.2 Å². The van der Waals surface area contributed by atoms with Crippen molar-refractivity contribution in [1.82, 2.24) is 5.32 Å². The molecule has 0 saturated heterocycles. The van der Waals surface area contributed by atoms with E-state index in [1.165, 1.54) is 0 Å². The van der Waals surface area contributed by atoms with Gasteiger partial charge in [0, 0.05) is 19.0 Å². The van der Waals surface area contributed by atoms with Crippen molar-refractivity contribution in [2.75, 3.05) is 23.6 Å². The monoisotopic (exact) mass is 367 g/mol. The number of carbonyl (C=O) groups is 2. The third-order valence-electron chi connectivity index (χ3n) is 4.67. The van der Waals surface area contributed by atoms with Crippen molar-refractivity contribution in [2.45, 2.75) is 25.9 Å². The second-order valence-electron chi connectivity index (χ2n) is 6.67. The standard InChI is InChI=1S/C20H21N3O4/c1-13-8-19(24)22-15-4-2-3-5-16(15)23(13)20(25)11-21-10-14-6-7-17-18(9-14)27-12-26-17/h2-7,9,13,21H,8,10-12H2,1H3,(H,22,24)/t13-/m0/s1. The summed E-state index contributed by atoms with van der Waals surface area (Å²) in [5.74, 6) is 1.30. The van der Waals surface area contributed by atoms with Crippen LogP contribution in [0.5, 0.6) is 11.5 Å². The smallest absolute Gasteiger partial charge is 0.241 e. The summed E-state index contributed by atoms with van der Waals surface area (Å²) in [6, 6.07) is 12.9. The Labute approximate surface area is 157 Å². The molecule has 2 aliphatic rings. The van der Waals surface area contributed by atoms with Crippen LogP contribution in [0.1, 0.15) is 18.9 Å². The Balaban J connectivity index is 1.43. The van der Waals surface area contributed by atoms with Gasteiger partial charge in [0.1, 0.15) is 0 Å². The lowest BCUT2D eigenvalue weighted by Gasteiger charge is -2.28. The number of anilines is 2. The van der Waals surface area contributed by atoms with Gasteiger partial charge in [0.25, 0.3) is 0 Å². The highest BCUT2D eigenvalue weighted by atomic mass is 16.7. The van der Waals surface area contributed by atoms with Crippen LogP contribution in [0.4, 0.5) is 11.4 Å². The zero-order valence-electron chi connectivity index (χ0n) is 15.0. The first kappa shape index (κ1) is 17.4. The average molecular weight is 367 g/mol. The molecule has 0 aliphatic carbocycles. The predicted octanol–water partition coefficient (Wildman–Crippen LogP) is 2.27. The molecule has 2 amide bonds. The van der Waals surface area contributed by atoms with Gasteiger partial charge in [-0.3, -0.25) is 9.59 Å². The highest BCUT2D eigenvalue weighted by Crippen LogP contribution is 2.33. The van der Waals surface area contributed by atoms with E-state index >= 15 is 0 Å². The van der Waals surface area contributed by atoms with E-state index in [0.29, 0.717) is 12.2 Å². The second-order valence-corrected chi connectivity index (χ2v) is 6.67. The number of carbonyl (C=O) groups excluding carboxylic acids is 2. The lowest BCUT2D eigenvalue weighted by molar-refractivity contribution is -0.118.